The standard InChI is InChI=1S/C16H21N3O2/c1-18(13-4-2-3-5-13)8-9-19-11-17-14-7-6-12(16(20)21)10-15(14)19/h6-7,10-11,13H,2-5,8-9H2,1H3,(H,20,21). The highest BCUT2D eigenvalue weighted by Crippen LogP contribution is 2.22. The van der Waals surface area contributed by atoms with Gasteiger partial charge in [0, 0.05) is 19.1 Å². The Balaban J connectivity index is 1.74. The molecule has 0 unspecified atom stereocenters. The molecule has 21 heavy (non-hydrogen) atoms. The largest absolute Gasteiger partial charge is 0.478 e. The van der Waals surface area contributed by atoms with Crippen LogP contribution in [0, 0.1) is 0 Å². The third kappa shape index (κ3) is 2.93. The number of benzene rings is 1. The summed E-state index contributed by atoms with van der Waals surface area (Å²) in [6.07, 6.45) is 7.07. The van der Waals surface area contributed by atoms with E-state index in [4.69, 9.17) is 5.11 Å². The highest BCUT2D eigenvalue weighted by atomic mass is 16.4. The van der Waals surface area contributed by atoms with E-state index < -0.39 is 5.97 Å². The molecule has 0 bridgehead atoms. The van der Waals surface area contributed by atoms with Crippen molar-refractivity contribution in [2.24, 2.45) is 0 Å². The summed E-state index contributed by atoms with van der Waals surface area (Å²) in [6.45, 7) is 1.81. The van der Waals surface area contributed by atoms with Gasteiger partial charge in [0.2, 0.25) is 0 Å². The van der Waals surface area contributed by atoms with Crippen molar-refractivity contribution >= 4 is 17.0 Å². The fourth-order valence-electron chi connectivity index (χ4n) is 3.16. The smallest absolute Gasteiger partial charge is 0.335 e. The summed E-state index contributed by atoms with van der Waals surface area (Å²) in [5, 5.41) is 9.10. The first-order valence-electron chi connectivity index (χ1n) is 7.53. The molecule has 1 aliphatic carbocycles. The fourth-order valence-corrected chi connectivity index (χ4v) is 3.16. The lowest BCUT2D eigenvalue weighted by Crippen LogP contribution is -2.32. The monoisotopic (exact) mass is 287 g/mol. The summed E-state index contributed by atoms with van der Waals surface area (Å²) in [5.74, 6) is -0.896. The molecule has 0 spiro atoms. The predicted octanol–water partition coefficient (Wildman–Crippen LogP) is 2.61. The summed E-state index contributed by atoms with van der Waals surface area (Å²) in [5.41, 5.74) is 2.06. The number of carboxylic acids is 1. The van der Waals surface area contributed by atoms with Crippen LogP contribution in [0.5, 0.6) is 0 Å². The molecule has 112 valence electrons. The van der Waals surface area contributed by atoms with Gasteiger partial charge in [-0.2, -0.15) is 0 Å². The summed E-state index contributed by atoms with van der Waals surface area (Å²) in [6, 6.07) is 5.79. The van der Waals surface area contributed by atoms with Crippen molar-refractivity contribution in [3.05, 3.63) is 30.1 Å². The second-order valence-electron chi connectivity index (χ2n) is 5.87. The Morgan fingerprint density at radius 1 is 1.43 bits per heavy atom. The summed E-state index contributed by atoms with van der Waals surface area (Å²) in [4.78, 5) is 17.8. The zero-order chi connectivity index (χ0) is 14.8. The first-order chi connectivity index (χ1) is 10.1. The van der Waals surface area contributed by atoms with Gasteiger partial charge in [-0.3, -0.25) is 0 Å². The number of likely N-dealkylation sites (N-methyl/N-ethyl adjacent to an activating group) is 1. The van der Waals surface area contributed by atoms with Gasteiger partial charge in [0.25, 0.3) is 0 Å². The maximum absolute atomic E-state index is 11.1. The molecule has 0 aliphatic heterocycles. The summed E-state index contributed by atoms with van der Waals surface area (Å²) >= 11 is 0. The molecule has 0 saturated heterocycles. The first-order valence-corrected chi connectivity index (χ1v) is 7.53. The normalized spacial score (nSPS) is 16.1. The fraction of sp³-hybridized carbons (Fsp3) is 0.500. The van der Waals surface area contributed by atoms with Crippen molar-refractivity contribution in [3.8, 4) is 0 Å². The zero-order valence-electron chi connectivity index (χ0n) is 12.3. The van der Waals surface area contributed by atoms with Gasteiger partial charge in [-0.1, -0.05) is 12.8 Å². The van der Waals surface area contributed by atoms with Gasteiger partial charge in [0.15, 0.2) is 0 Å². The summed E-state index contributed by atoms with van der Waals surface area (Å²) in [7, 11) is 2.18. The van der Waals surface area contributed by atoms with Gasteiger partial charge >= 0.3 is 5.97 Å². The van der Waals surface area contributed by atoms with Gasteiger partial charge in [-0.05, 0) is 38.1 Å². The van der Waals surface area contributed by atoms with Crippen LogP contribution in [0.15, 0.2) is 24.5 Å². The molecule has 1 N–H and O–H groups in total. The lowest BCUT2D eigenvalue weighted by molar-refractivity contribution is 0.0697. The number of aromatic nitrogens is 2. The molecule has 0 amide bonds. The van der Waals surface area contributed by atoms with Crippen molar-refractivity contribution < 1.29 is 9.90 Å². The molecule has 1 aromatic carbocycles. The van der Waals surface area contributed by atoms with Crippen LogP contribution in [0.1, 0.15) is 36.0 Å². The number of aromatic carboxylic acids is 1. The maximum Gasteiger partial charge on any atom is 0.335 e. The molecule has 1 aliphatic rings. The molecular weight excluding hydrogens is 266 g/mol. The highest BCUT2D eigenvalue weighted by molar-refractivity contribution is 5.92. The second kappa shape index (κ2) is 5.85. The molecular formula is C16H21N3O2. The maximum atomic E-state index is 11.1. The van der Waals surface area contributed by atoms with Gasteiger partial charge in [0.1, 0.15) is 0 Å². The van der Waals surface area contributed by atoms with E-state index >= 15 is 0 Å². The van der Waals surface area contributed by atoms with E-state index in [1.807, 2.05) is 4.57 Å². The Morgan fingerprint density at radius 2 is 2.19 bits per heavy atom. The molecule has 3 rings (SSSR count). The van der Waals surface area contributed by atoms with Crippen LogP contribution in [-0.2, 0) is 6.54 Å². The molecule has 2 aromatic rings. The lowest BCUT2D eigenvalue weighted by atomic mass is 10.2. The first kappa shape index (κ1) is 14.1. The number of carbonyl (C=O) groups is 1. The average molecular weight is 287 g/mol. The van der Waals surface area contributed by atoms with E-state index in [1.54, 1.807) is 24.5 Å². The van der Waals surface area contributed by atoms with Gasteiger partial charge in [-0.25, -0.2) is 9.78 Å². The Hall–Kier alpha value is -1.88. The van der Waals surface area contributed by atoms with E-state index in [2.05, 4.69) is 16.9 Å². The molecule has 1 aromatic heterocycles. The molecule has 1 fully saturated rings. The van der Waals surface area contributed by atoms with Crippen LogP contribution < -0.4 is 0 Å². The number of carboxylic acid groups (broad SMARTS) is 1. The SMILES string of the molecule is CN(CCn1cnc2ccc(C(=O)O)cc21)C1CCCC1. The minimum Gasteiger partial charge on any atom is -0.478 e. The van der Waals surface area contributed by atoms with Crippen molar-refractivity contribution in [2.75, 3.05) is 13.6 Å². The van der Waals surface area contributed by atoms with Crippen molar-refractivity contribution in [1.82, 2.24) is 14.5 Å². The van der Waals surface area contributed by atoms with Crippen LogP contribution in [0.25, 0.3) is 11.0 Å². The minimum absolute atomic E-state index is 0.313. The lowest BCUT2D eigenvalue weighted by Gasteiger charge is -2.24. The van der Waals surface area contributed by atoms with E-state index in [0.29, 0.717) is 11.6 Å². The van der Waals surface area contributed by atoms with Crippen molar-refractivity contribution in [1.29, 1.82) is 0 Å². The second-order valence-corrected chi connectivity index (χ2v) is 5.87. The molecule has 0 atom stereocenters. The quantitative estimate of drug-likeness (QED) is 0.918. The van der Waals surface area contributed by atoms with E-state index in [-0.39, 0.29) is 0 Å². The number of nitrogens with zero attached hydrogens (tertiary/aromatic N) is 3. The Bertz CT molecular complexity index is 644. The van der Waals surface area contributed by atoms with E-state index in [9.17, 15) is 4.79 Å². The van der Waals surface area contributed by atoms with Crippen LogP contribution in [0.2, 0.25) is 0 Å². The van der Waals surface area contributed by atoms with Crippen LogP contribution >= 0.6 is 0 Å². The van der Waals surface area contributed by atoms with Crippen LogP contribution in [0.3, 0.4) is 0 Å². The number of rotatable bonds is 5. The Kier molecular flexibility index (Phi) is 3.92. The molecule has 0 radical (unpaired) electrons. The Morgan fingerprint density at radius 3 is 2.90 bits per heavy atom. The van der Waals surface area contributed by atoms with Gasteiger partial charge < -0.3 is 14.6 Å². The highest BCUT2D eigenvalue weighted by Gasteiger charge is 2.19. The number of fused-ring (bicyclic) bond motifs is 1. The van der Waals surface area contributed by atoms with Crippen LogP contribution in [-0.4, -0.2) is 45.2 Å². The van der Waals surface area contributed by atoms with Gasteiger partial charge in [-0.15, -0.1) is 0 Å². The number of imidazole rings is 1. The van der Waals surface area contributed by atoms with Crippen molar-refractivity contribution in [2.45, 2.75) is 38.3 Å². The Labute approximate surface area is 124 Å². The molecule has 1 saturated carbocycles. The number of hydrogen-bond donors (Lipinski definition) is 1. The van der Waals surface area contributed by atoms with E-state index in [1.165, 1.54) is 25.7 Å². The zero-order valence-corrected chi connectivity index (χ0v) is 12.3. The predicted molar refractivity (Wildman–Crippen MR) is 81.6 cm³/mol. The molecule has 1 heterocycles. The van der Waals surface area contributed by atoms with Gasteiger partial charge in [0.05, 0.1) is 22.9 Å². The topological polar surface area (TPSA) is 58.4 Å². The molecule has 5 heteroatoms. The third-order valence-electron chi connectivity index (χ3n) is 4.51. The van der Waals surface area contributed by atoms with Crippen LogP contribution in [0.4, 0.5) is 0 Å². The van der Waals surface area contributed by atoms with Crippen molar-refractivity contribution in [3.63, 3.8) is 0 Å². The number of hydrogen-bond acceptors (Lipinski definition) is 3. The van der Waals surface area contributed by atoms with E-state index in [0.717, 1.165) is 24.1 Å². The summed E-state index contributed by atoms with van der Waals surface area (Å²) < 4.78 is 2.05. The third-order valence-corrected chi connectivity index (χ3v) is 4.51. The molecule has 5 nitrogen and oxygen atoms in total. The minimum atomic E-state index is -0.896. The average Bonchev–Trinajstić information content (AvgIpc) is 3.14.